The van der Waals surface area contributed by atoms with Gasteiger partial charge in [-0.2, -0.15) is 0 Å². The smallest absolute Gasteiger partial charge is 0.182 e. The monoisotopic (exact) mass is 400 g/mol. The van der Waals surface area contributed by atoms with Gasteiger partial charge in [0.15, 0.2) is 4.77 Å². The molecule has 2 nitrogen and oxygen atoms in total. The molecule has 2 aromatic carbocycles. The summed E-state index contributed by atoms with van der Waals surface area (Å²) in [5, 5.41) is 0.706. The summed E-state index contributed by atoms with van der Waals surface area (Å²) in [5.41, 5.74) is 4.30. The van der Waals surface area contributed by atoms with Crippen molar-refractivity contribution >= 4 is 57.4 Å². The minimum absolute atomic E-state index is 0.680. The molecular weight excluding hydrogens is 391 g/mol. The molecule has 0 bridgehead atoms. The number of nitrogens with zero attached hydrogens (tertiary/aromatic N) is 1. The van der Waals surface area contributed by atoms with Crippen LogP contribution >= 0.6 is 46.4 Å². The van der Waals surface area contributed by atoms with E-state index in [4.69, 9.17) is 23.8 Å². The van der Waals surface area contributed by atoms with Crippen LogP contribution in [0.2, 0.25) is 5.02 Å². The summed E-state index contributed by atoms with van der Waals surface area (Å²) in [5.74, 6) is 0. The molecule has 0 aliphatic carbocycles. The first-order chi connectivity index (χ1) is 9.06. The molecule has 19 heavy (non-hydrogen) atoms. The molecule has 1 aromatic heterocycles. The maximum absolute atomic E-state index is 6.09. The molecule has 0 aliphatic heterocycles. The van der Waals surface area contributed by atoms with Gasteiger partial charge in [0.05, 0.1) is 16.7 Å². The van der Waals surface area contributed by atoms with Crippen LogP contribution in [0.3, 0.4) is 0 Å². The Kier molecular flexibility index (Phi) is 3.41. The van der Waals surface area contributed by atoms with Crippen molar-refractivity contribution in [2.75, 3.05) is 0 Å². The van der Waals surface area contributed by atoms with E-state index in [1.165, 1.54) is 5.56 Å². The van der Waals surface area contributed by atoms with E-state index in [-0.39, 0.29) is 0 Å². The summed E-state index contributed by atoms with van der Waals surface area (Å²) in [6.07, 6.45) is 0. The van der Waals surface area contributed by atoms with Gasteiger partial charge in [-0.05, 0) is 77.6 Å². The third-order valence-corrected chi connectivity index (χ3v) is 4.37. The zero-order chi connectivity index (χ0) is 13.6. The molecule has 0 fully saturated rings. The lowest BCUT2D eigenvalue weighted by Gasteiger charge is -2.08. The highest BCUT2D eigenvalue weighted by Crippen LogP contribution is 2.26. The molecule has 5 heteroatoms. The second kappa shape index (κ2) is 4.92. The highest BCUT2D eigenvalue weighted by Gasteiger charge is 2.09. The molecule has 3 aromatic rings. The van der Waals surface area contributed by atoms with E-state index in [9.17, 15) is 0 Å². The van der Waals surface area contributed by atoms with Crippen molar-refractivity contribution < 1.29 is 0 Å². The van der Waals surface area contributed by atoms with Crippen molar-refractivity contribution in [2.24, 2.45) is 0 Å². The molecule has 0 aliphatic rings. The minimum Gasteiger partial charge on any atom is -0.330 e. The summed E-state index contributed by atoms with van der Waals surface area (Å²) < 4.78 is 3.87. The Labute approximate surface area is 134 Å². The lowest BCUT2D eigenvalue weighted by atomic mass is 10.2. The van der Waals surface area contributed by atoms with Crippen molar-refractivity contribution in [3.8, 4) is 5.69 Å². The number of imidazole rings is 1. The molecule has 0 saturated heterocycles. The van der Waals surface area contributed by atoms with Crippen LogP contribution in [0.5, 0.6) is 0 Å². The van der Waals surface area contributed by atoms with E-state index in [0.29, 0.717) is 9.79 Å². The quantitative estimate of drug-likeness (QED) is 0.437. The van der Waals surface area contributed by atoms with Crippen molar-refractivity contribution in [1.29, 1.82) is 0 Å². The molecular formula is C14H10ClIN2S. The molecule has 0 amide bonds. The van der Waals surface area contributed by atoms with Crippen molar-refractivity contribution in [2.45, 2.75) is 6.92 Å². The Balaban J connectivity index is 2.38. The SMILES string of the molecule is Cc1ccc(-n2c(=S)[nH]c3ccc(Cl)cc32)c(I)c1. The Bertz CT molecular complexity index is 835. The Morgan fingerprint density at radius 3 is 2.74 bits per heavy atom. The summed E-state index contributed by atoms with van der Waals surface area (Å²) in [6.45, 7) is 2.08. The number of benzene rings is 2. The molecule has 0 unspecified atom stereocenters. The van der Waals surface area contributed by atoms with E-state index in [1.54, 1.807) is 0 Å². The zero-order valence-electron chi connectivity index (χ0n) is 10.1. The van der Waals surface area contributed by atoms with Crippen LogP contribution in [-0.4, -0.2) is 9.55 Å². The van der Waals surface area contributed by atoms with Gasteiger partial charge in [-0.3, -0.25) is 4.57 Å². The van der Waals surface area contributed by atoms with Crippen molar-refractivity contribution in [3.63, 3.8) is 0 Å². The number of fused-ring (bicyclic) bond motifs is 1. The van der Waals surface area contributed by atoms with Gasteiger partial charge in [0.25, 0.3) is 0 Å². The fraction of sp³-hybridized carbons (Fsp3) is 0.0714. The topological polar surface area (TPSA) is 20.7 Å². The number of hydrogen-bond donors (Lipinski definition) is 1. The highest BCUT2D eigenvalue weighted by atomic mass is 127. The number of aromatic amines is 1. The average molecular weight is 401 g/mol. The van der Waals surface area contributed by atoms with Crippen LogP contribution in [0.1, 0.15) is 5.56 Å². The third-order valence-electron chi connectivity index (χ3n) is 2.99. The van der Waals surface area contributed by atoms with Gasteiger partial charge in [-0.15, -0.1) is 0 Å². The predicted octanol–water partition coefficient (Wildman–Crippen LogP) is 5.25. The van der Waals surface area contributed by atoms with Gasteiger partial charge in [0, 0.05) is 8.59 Å². The molecule has 1 N–H and O–H groups in total. The normalized spacial score (nSPS) is 11.1. The van der Waals surface area contributed by atoms with E-state index < -0.39 is 0 Å². The number of rotatable bonds is 1. The number of H-pyrrole nitrogens is 1. The highest BCUT2D eigenvalue weighted by molar-refractivity contribution is 14.1. The fourth-order valence-electron chi connectivity index (χ4n) is 2.11. The number of nitrogens with one attached hydrogen (secondary N) is 1. The Morgan fingerprint density at radius 1 is 1.21 bits per heavy atom. The van der Waals surface area contributed by atoms with Crippen molar-refractivity contribution in [1.82, 2.24) is 9.55 Å². The van der Waals surface area contributed by atoms with Gasteiger partial charge < -0.3 is 4.98 Å². The van der Waals surface area contributed by atoms with E-state index in [1.807, 2.05) is 22.8 Å². The second-order valence-corrected chi connectivity index (χ2v) is 6.37. The maximum Gasteiger partial charge on any atom is 0.182 e. The summed E-state index contributed by atoms with van der Waals surface area (Å²) in [6, 6.07) is 12.1. The van der Waals surface area contributed by atoms with Crippen LogP contribution < -0.4 is 0 Å². The standard InChI is InChI=1S/C14H10ClIN2S/c1-8-2-5-12(10(16)6-8)18-13-7-9(15)3-4-11(13)17-14(18)19/h2-7H,1H3,(H,17,19). The summed E-state index contributed by atoms with van der Waals surface area (Å²) in [7, 11) is 0. The molecule has 0 atom stereocenters. The molecule has 0 radical (unpaired) electrons. The number of aryl methyl sites for hydroxylation is 1. The number of hydrogen-bond acceptors (Lipinski definition) is 1. The van der Waals surface area contributed by atoms with Crippen LogP contribution in [0.25, 0.3) is 16.7 Å². The number of halogens is 2. The summed E-state index contributed by atoms with van der Waals surface area (Å²) >= 11 is 13.9. The van der Waals surface area contributed by atoms with Crippen LogP contribution in [0, 0.1) is 15.3 Å². The first-order valence-corrected chi connectivity index (χ1v) is 7.59. The molecule has 96 valence electrons. The van der Waals surface area contributed by atoms with E-state index >= 15 is 0 Å². The molecule has 0 saturated carbocycles. The lowest BCUT2D eigenvalue weighted by Crippen LogP contribution is -1.97. The van der Waals surface area contributed by atoms with Gasteiger partial charge in [-0.25, -0.2) is 0 Å². The Hall–Kier alpha value is -0.850. The van der Waals surface area contributed by atoms with Crippen molar-refractivity contribution in [3.05, 3.63) is 55.3 Å². The third kappa shape index (κ3) is 2.32. The molecule has 3 rings (SSSR count). The fourth-order valence-corrected chi connectivity index (χ4v) is 3.49. The van der Waals surface area contributed by atoms with Crippen LogP contribution in [0.4, 0.5) is 0 Å². The van der Waals surface area contributed by atoms with Gasteiger partial charge >= 0.3 is 0 Å². The lowest BCUT2D eigenvalue weighted by molar-refractivity contribution is 1.05. The molecule has 0 spiro atoms. The average Bonchev–Trinajstić information content (AvgIpc) is 2.65. The second-order valence-electron chi connectivity index (χ2n) is 4.38. The van der Waals surface area contributed by atoms with E-state index in [2.05, 4.69) is 52.7 Å². The van der Waals surface area contributed by atoms with Gasteiger partial charge in [0.2, 0.25) is 0 Å². The zero-order valence-corrected chi connectivity index (χ0v) is 13.8. The summed E-state index contributed by atoms with van der Waals surface area (Å²) in [4.78, 5) is 3.21. The predicted molar refractivity (Wildman–Crippen MR) is 90.9 cm³/mol. The first kappa shape index (κ1) is 13.1. The Morgan fingerprint density at radius 2 is 2.00 bits per heavy atom. The maximum atomic E-state index is 6.09. The van der Waals surface area contributed by atoms with Gasteiger partial charge in [-0.1, -0.05) is 17.7 Å². The molecule has 1 heterocycles. The van der Waals surface area contributed by atoms with Gasteiger partial charge in [0.1, 0.15) is 0 Å². The largest absolute Gasteiger partial charge is 0.330 e. The first-order valence-electron chi connectivity index (χ1n) is 5.73. The minimum atomic E-state index is 0.680. The number of aromatic nitrogens is 2. The van der Waals surface area contributed by atoms with E-state index in [0.717, 1.165) is 20.3 Å². The van der Waals surface area contributed by atoms with Crippen LogP contribution in [-0.2, 0) is 0 Å². The van der Waals surface area contributed by atoms with Crippen LogP contribution in [0.15, 0.2) is 36.4 Å².